The monoisotopic (exact) mass is 258 g/mol. The molecule has 0 saturated heterocycles. The van der Waals surface area contributed by atoms with Crippen LogP contribution in [0.4, 0.5) is 5.82 Å². The first-order valence-corrected chi connectivity index (χ1v) is 4.94. The Morgan fingerprint density at radius 2 is 2.43 bits per heavy atom. The molecule has 76 valence electrons. The zero-order valence-electron chi connectivity index (χ0n) is 7.79. The van der Waals surface area contributed by atoms with E-state index in [-0.39, 0.29) is 5.97 Å². The summed E-state index contributed by atoms with van der Waals surface area (Å²) >= 11 is 3.28. The highest BCUT2D eigenvalue weighted by atomic mass is 79.9. The number of anilines is 1. The van der Waals surface area contributed by atoms with Crippen LogP contribution in [0.15, 0.2) is 22.8 Å². The first-order valence-electron chi connectivity index (χ1n) is 4.14. The maximum Gasteiger partial charge on any atom is 0.307 e. The van der Waals surface area contributed by atoms with Crippen LogP contribution < -0.4 is 5.32 Å². The topological polar surface area (TPSA) is 51.2 Å². The molecule has 0 spiro atoms. The van der Waals surface area contributed by atoms with E-state index in [4.69, 9.17) is 0 Å². The molecule has 1 aromatic heterocycles. The summed E-state index contributed by atoms with van der Waals surface area (Å²) in [6.45, 7) is 0.529. The minimum absolute atomic E-state index is 0.227. The first kappa shape index (κ1) is 11.0. The fourth-order valence-corrected chi connectivity index (χ4v) is 1.11. The van der Waals surface area contributed by atoms with Crippen molar-refractivity contribution in [3.63, 3.8) is 0 Å². The summed E-state index contributed by atoms with van der Waals surface area (Å²) in [6.07, 6.45) is 2.04. The molecular weight excluding hydrogens is 248 g/mol. The number of hydrogen-bond donors (Lipinski definition) is 1. The van der Waals surface area contributed by atoms with Crippen LogP contribution in [0.3, 0.4) is 0 Å². The molecule has 0 saturated carbocycles. The molecule has 0 amide bonds. The van der Waals surface area contributed by atoms with Crippen LogP contribution in [-0.4, -0.2) is 24.6 Å². The fraction of sp³-hybridized carbons (Fsp3) is 0.333. The zero-order valence-corrected chi connectivity index (χ0v) is 9.37. The first-order chi connectivity index (χ1) is 6.72. The third-order valence-electron chi connectivity index (χ3n) is 1.59. The smallest absolute Gasteiger partial charge is 0.307 e. The summed E-state index contributed by atoms with van der Waals surface area (Å²) in [6, 6.07) is 3.72. The number of esters is 1. The van der Waals surface area contributed by atoms with Crippen LogP contribution in [0.25, 0.3) is 0 Å². The van der Waals surface area contributed by atoms with E-state index < -0.39 is 0 Å². The van der Waals surface area contributed by atoms with Crippen molar-refractivity contribution in [2.45, 2.75) is 6.42 Å². The molecule has 0 aromatic carbocycles. The van der Waals surface area contributed by atoms with Crippen molar-refractivity contribution < 1.29 is 9.53 Å². The van der Waals surface area contributed by atoms with Crippen molar-refractivity contribution in [1.82, 2.24) is 4.98 Å². The summed E-state index contributed by atoms with van der Waals surface area (Å²) in [4.78, 5) is 14.9. The van der Waals surface area contributed by atoms with Gasteiger partial charge in [0.05, 0.1) is 13.5 Å². The number of methoxy groups -OCH3 is 1. The number of halogens is 1. The van der Waals surface area contributed by atoms with E-state index in [2.05, 4.69) is 31.0 Å². The van der Waals surface area contributed by atoms with Crippen molar-refractivity contribution in [3.8, 4) is 0 Å². The second-order valence-corrected chi connectivity index (χ2v) is 3.53. The van der Waals surface area contributed by atoms with E-state index >= 15 is 0 Å². The summed E-state index contributed by atoms with van der Waals surface area (Å²) < 4.78 is 5.43. The van der Waals surface area contributed by atoms with Gasteiger partial charge in [-0.1, -0.05) is 0 Å². The van der Waals surface area contributed by atoms with Gasteiger partial charge in [-0.05, 0) is 28.1 Å². The maximum atomic E-state index is 10.8. The van der Waals surface area contributed by atoms with E-state index in [1.807, 2.05) is 12.1 Å². The van der Waals surface area contributed by atoms with Crippen LogP contribution in [0.1, 0.15) is 6.42 Å². The van der Waals surface area contributed by atoms with Crippen molar-refractivity contribution >= 4 is 27.7 Å². The Labute approximate surface area is 90.8 Å². The molecule has 14 heavy (non-hydrogen) atoms. The maximum absolute atomic E-state index is 10.8. The van der Waals surface area contributed by atoms with E-state index in [9.17, 15) is 4.79 Å². The van der Waals surface area contributed by atoms with Gasteiger partial charge in [0.2, 0.25) is 0 Å². The number of nitrogens with zero attached hydrogens (tertiary/aromatic N) is 1. The van der Waals surface area contributed by atoms with Gasteiger partial charge in [0.25, 0.3) is 0 Å². The van der Waals surface area contributed by atoms with Crippen molar-refractivity contribution in [1.29, 1.82) is 0 Å². The molecule has 0 aliphatic carbocycles. The molecule has 0 unspecified atom stereocenters. The number of nitrogens with one attached hydrogen (secondary N) is 1. The molecule has 0 aliphatic heterocycles. The third-order valence-corrected chi connectivity index (χ3v) is 2.06. The number of hydrogen-bond acceptors (Lipinski definition) is 4. The molecule has 5 heteroatoms. The van der Waals surface area contributed by atoms with Crippen LogP contribution in [0, 0.1) is 0 Å². The summed E-state index contributed by atoms with van der Waals surface area (Å²) in [7, 11) is 1.38. The number of carbonyl (C=O) groups excluding carboxylic acids is 1. The number of rotatable bonds is 4. The van der Waals surface area contributed by atoms with Crippen LogP contribution >= 0.6 is 15.9 Å². The standard InChI is InChI=1S/C9H11BrN2O2/c1-14-9(13)4-5-11-8-3-2-7(10)6-12-8/h2-3,6H,4-5H2,1H3,(H,11,12). The van der Waals surface area contributed by atoms with Gasteiger partial charge in [0.1, 0.15) is 5.82 Å². The summed E-state index contributed by atoms with van der Waals surface area (Å²) in [5, 5.41) is 3.00. The Morgan fingerprint density at radius 3 is 3.00 bits per heavy atom. The Kier molecular flexibility index (Phi) is 4.39. The number of ether oxygens (including phenoxy) is 1. The molecule has 1 rings (SSSR count). The Bertz CT molecular complexity index is 300. The average Bonchev–Trinajstić information content (AvgIpc) is 2.21. The predicted molar refractivity (Wildman–Crippen MR) is 57.1 cm³/mol. The Hall–Kier alpha value is -1.10. The lowest BCUT2D eigenvalue weighted by atomic mass is 10.4. The van der Waals surface area contributed by atoms with Gasteiger partial charge in [-0.25, -0.2) is 4.98 Å². The Balaban J connectivity index is 2.31. The SMILES string of the molecule is COC(=O)CCNc1ccc(Br)cn1. The van der Waals surface area contributed by atoms with Gasteiger partial charge >= 0.3 is 5.97 Å². The van der Waals surface area contributed by atoms with E-state index in [0.29, 0.717) is 13.0 Å². The second-order valence-electron chi connectivity index (χ2n) is 2.61. The molecule has 1 N–H and O–H groups in total. The molecule has 0 atom stereocenters. The van der Waals surface area contributed by atoms with Crippen LogP contribution in [-0.2, 0) is 9.53 Å². The normalized spacial score (nSPS) is 9.57. The fourth-order valence-electron chi connectivity index (χ4n) is 0.875. The summed E-state index contributed by atoms with van der Waals surface area (Å²) in [5.41, 5.74) is 0. The Morgan fingerprint density at radius 1 is 1.64 bits per heavy atom. The second kappa shape index (κ2) is 5.59. The molecule has 1 heterocycles. The molecule has 0 bridgehead atoms. The highest BCUT2D eigenvalue weighted by Gasteiger charge is 1.99. The quantitative estimate of drug-likeness (QED) is 0.838. The van der Waals surface area contributed by atoms with Gasteiger partial charge < -0.3 is 10.1 Å². The van der Waals surface area contributed by atoms with Gasteiger partial charge in [0, 0.05) is 17.2 Å². The van der Waals surface area contributed by atoms with Gasteiger partial charge in [0.15, 0.2) is 0 Å². The van der Waals surface area contributed by atoms with Crippen molar-refractivity contribution in [2.75, 3.05) is 19.0 Å². The molecule has 0 radical (unpaired) electrons. The van der Waals surface area contributed by atoms with E-state index in [1.165, 1.54) is 7.11 Å². The molecule has 0 aliphatic rings. The van der Waals surface area contributed by atoms with Gasteiger partial charge in [-0.3, -0.25) is 4.79 Å². The highest BCUT2D eigenvalue weighted by Crippen LogP contribution is 2.10. The highest BCUT2D eigenvalue weighted by molar-refractivity contribution is 9.10. The average molecular weight is 259 g/mol. The molecule has 4 nitrogen and oxygen atoms in total. The van der Waals surface area contributed by atoms with Crippen LogP contribution in [0.5, 0.6) is 0 Å². The number of carbonyl (C=O) groups is 1. The van der Waals surface area contributed by atoms with E-state index in [0.717, 1.165) is 10.3 Å². The lowest BCUT2D eigenvalue weighted by Gasteiger charge is -2.03. The van der Waals surface area contributed by atoms with Crippen LogP contribution in [0.2, 0.25) is 0 Å². The largest absolute Gasteiger partial charge is 0.469 e. The molecule has 1 aromatic rings. The van der Waals surface area contributed by atoms with Gasteiger partial charge in [-0.15, -0.1) is 0 Å². The minimum atomic E-state index is -0.227. The zero-order chi connectivity index (χ0) is 10.4. The lowest BCUT2D eigenvalue weighted by Crippen LogP contribution is -2.10. The van der Waals surface area contributed by atoms with Crippen molar-refractivity contribution in [2.24, 2.45) is 0 Å². The minimum Gasteiger partial charge on any atom is -0.469 e. The predicted octanol–water partition coefficient (Wildman–Crippen LogP) is 1.82. The molecular formula is C9H11BrN2O2. The third kappa shape index (κ3) is 3.74. The van der Waals surface area contributed by atoms with Crippen molar-refractivity contribution in [3.05, 3.63) is 22.8 Å². The van der Waals surface area contributed by atoms with E-state index in [1.54, 1.807) is 6.20 Å². The molecule has 0 fully saturated rings. The number of pyridine rings is 1. The number of aromatic nitrogens is 1. The summed E-state index contributed by atoms with van der Waals surface area (Å²) in [5.74, 6) is 0.520. The van der Waals surface area contributed by atoms with Gasteiger partial charge in [-0.2, -0.15) is 0 Å². The lowest BCUT2D eigenvalue weighted by molar-refractivity contribution is -0.140.